The number of hydrogen-bond acceptors (Lipinski definition) is 5. The molecule has 4 nitrogen and oxygen atoms in total. The summed E-state index contributed by atoms with van der Waals surface area (Å²) in [4.78, 5) is 28.8. The number of nitrogens with zero attached hydrogens (tertiary/aromatic N) is 1. The van der Waals surface area contributed by atoms with Crippen molar-refractivity contribution in [2.24, 2.45) is 5.92 Å². The lowest BCUT2D eigenvalue weighted by atomic mass is 9.90. The molecule has 0 unspecified atom stereocenters. The number of pyridine rings is 1. The molecule has 0 saturated carbocycles. The molecule has 1 saturated heterocycles. The topological polar surface area (TPSA) is 56.3 Å². The van der Waals surface area contributed by atoms with Gasteiger partial charge in [-0.2, -0.15) is 0 Å². The fourth-order valence-corrected chi connectivity index (χ4v) is 4.95. The van der Waals surface area contributed by atoms with E-state index in [1.54, 1.807) is 6.20 Å². The summed E-state index contributed by atoms with van der Waals surface area (Å²) in [6.07, 6.45) is 16.4. The Morgan fingerprint density at radius 1 is 0.964 bits per heavy atom. The van der Waals surface area contributed by atoms with Gasteiger partial charge in [0.25, 0.3) is 0 Å². The Morgan fingerprint density at radius 3 is 2.14 bits per heavy atom. The quantitative estimate of drug-likeness (QED) is 0.205. The van der Waals surface area contributed by atoms with Gasteiger partial charge in [0.15, 0.2) is 0 Å². The number of carbonyl (C=O) groups excluding carboxylic acids is 2. The molecular weight excluding hydrogens is 370 g/mol. The minimum Gasteiger partial charge on any atom is -0.392 e. The van der Waals surface area contributed by atoms with E-state index in [4.69, 9.17) is 4.74 Å². The van der Waals surface area contributed by atoms with Crippen LogP contribution in [0.5, 0.6) is 0 Å². The Hall–Kier alpha value is -1.36. The Kier molecular flexibility index (Phi) is 10.0. The van der Waals surface area contributed by atoms with Gasteiger partial charge in [0.05, 0.1) is 10.9 Å². The van der Waals surface area contributed by atoms with Gasteiger partial charge in [-0.05, 0) is 25.5 Å². The zero-order chi connectivity index (χ0) is 20.2. The van der Waals surface area contributed by atoms with E-state index in [0.29, 0.717) is 6.42 Å². The number of rotatable bonds is 14. The summed E-state index contributed by atoms with van der Waals surface area (Å²) in [7, 11) is 0. The van der Waals surface area contributed by atoms with Crippen molar-refractivity contribution in [3.05, 3.63) is 24.4 Å². The third kappa shape index (κ3) is 6.91. The number of aromatic nitrogens is 1. The second-order valence-electron chi connectivity index (χ2n) is 7.96. The van der Waals surface area contributed by atoms with Crippen LogP contribution in [-0.4, -0.2) is 21.7 Å². The first-order chi connectivity index (χ1) is 13.6. The minimum absolute atomic E-state index is 0.372. The third-order valence-corrected chi connectivity index (χ3v) is 6.92. The Morgan fingerprint density at radius 2 is 1.57 bits per heavy atom. The normalized spacial score (nSPS) is 21.9. The number of unbranched alkanes of at least 4 members (excludes halogenated alkanes) is 10. The van der Waals surface area contributed by atoms with E-state index in [2.05, 4.69) is 11.9 Å². The van der Waals surface area contributed by atoms with E-state index >= 15 is 0 Å². The molecule has 2 rings (SSSR count). The van der Waals surface area contributed by atoms with E-state index in [-0.39, 0.29) is 11.9 Å². The fraction of sp³-hybridized carbons (Fsp3) is 0.696. The molecular formula is C23H35NO3S. The van der Waals surface area contributed by atoms with Gasteiger partial charge < -0.3 is 4.74 Å². The smallest absolute Gasteiger partial charge is 0.330 e. The zero-order valence-electron chi connectivity index (χ0n) is 17.5. The van der Waals surface area contributed by atoms with Crippen LogP contribution < -0.4 is 0 Å². The SMILES string of the molecule is CCCCCCCCCCCCC[C@H]1C(=O)OC(=O)[C@]1(C)Sc1ccccn1. The zero-order valence-corrected chi connectivity index (χ0v) is 18.3. The van der Waals surface area contributed by atoms with Crippen molar-refractivity contribution in [2.75, 3.05) is 0 Å². The lowest BCUT2D eigenvalue weighted by Gasteiger charge is -2.24. The van der Waals surface area contributed by atoms with Crippen molar-refractivity contribution in [3.8, 4) is 0 Å². The van der Waals surface area contributed by atoms with Crippen molar-refractivity contribution >= 4 is 23.7 Å². The second-order valence-corrected chi connectivity index (χ2v) is 9.43. The molecule has 0 radical (unpaired) electrons. The van der Waals surface area contributed by atoms with Crippen LogP contribution in [0.15, 0.2) is 29.4 Å². The average molecular weight is 406 g/mol. The van der Waals surface area contributed by atoms with E-state index in [1.165, 1.54) is 69.5 Å². The van der Waals surface area contributed by atoms with Crippen molar-refractivity contribution in [1.82, 2.24) is 4.98 Å². The van der Waals surface area contributed by atoms with Gasteiger partial charge in [0, 0.05) is 6.20 Å². The Bertz CT molecular complexity index is 607. The van der Waals surface area contributed by atoms with E-state index in [1.807, 2.05) is 25.1 Å². The molecule has 28 heavy (non-hydrogen) atoms. The Labute approximate surface area is 174 Å². The maximum Gasteiger partial charge on any atom is 0.330 e. The standard InChI is InChI=1S/C23H35NO3S/c1-3-4-5-6-7-8-9-10-11-12-13-16-19-21(25)27-22(26)23(19,2)28-20-17-14-15-18-24-20/h14-15,17-19H,3-13,16H2,1-2H3/t19-,23+/m0/s1. The van der Waals surface area contributed by atoms with Crippen LogP contribution >= 0.6 is 11.8 Å². The summed E-state index contributed by atoms with van der Waals surface area (Å²) in [6.45, 7) is 4.07. The van der Waals surface area contributed by atoms with Crippen molar-refractivity contribution in [2.45, 2.75) is 101 Å². The van der Waals surface area contributed by atoms with Gasteiger partial charge in [-0.3, -0.25) is 9.59 Å². The highest BCUT2D eigenvalue weighted by atomic mass is 32.2. The first-order valence-electron chi connectivity index (χ1n) is 10.9. The summed E-state index contributed by atoms with van der Waals surface area (Å²) in [5.74, 6) is -1.19. The number of esters is 2. The number of thioether (sulfide) groups is 1. The maximum absolute atomic E-state index is 12.3. The number of ether oxygens (including phenoxy) is 1. The molecule has 1 aliphatic rings. The number of cyclic esters (lactones) is 2. The summed E-state index contributed by atoms with van der Waals surface area (Å²) in [6, 6.07) is 5.60. The predicted molar refractivity (Wildman–Crippen MR) is 114 cm³/mol. The maximum atomic E-state index is 12.3. The molecule has 0 aliphatic carbocycles. The average Bonchev–Trinajstić information content (AvgIpc) is 2.89. The molecule has 0 bridgehead atoms. The minimum atomic E-state index is -0.871. The molecule has 0 aromatic carbocycles. The van der Waals surface area contributed by atoms with Crippen LogP contribution in [0.25, 0.3) is 0 Å². The first kappa shape index (κ1) is 22.9. The molecule has 0 spiro atoms. The van der Waals surface area contributed by atoms with Crippen LogP contribution in [0, 0.1) is 5.92 Å². The van der Waals surface area contributed by atoms with Gasteiger partial charge in [0.2, 0.25) is 0 Å². The molecule has 2 atom stereocenters. The predicted octanol–water partition coefficient (Wildman–Crippen LogP) is 6.33. The number of hydrogen-bond donors (Lipinski definition) is 0. The second kappa shape index (κ2) is 12.3. The van der Waals surface area contributed by atoms with E-state index in [0.717, 1.165) is 17.9 Å². The monoisotopic (exact) mass is 405 g/mol. The first-order valence-corrected chi connectivity index (χ1v) is 11.8. The largest absolute Gasteiger partial charge is 0.392 e. The van der Waals surface area contributed by atoms with Crippen molar-refractivity contribution < 1.29 is 14.3 Å². The molecule has 1 aromatic rings. The van der Waals surface area contributed by atoms with E-state index < -0.39 is 10.7 Å². The van der Waals surface area contributed by atoms with Gasteiger partial charge in [-0.1, -0.05) is 95.4 Å². The van der Waals surface area contributed by atoms with Gasteiger partial charge in [-0.25, -0.2) is 4.98 Å². The highest BCUT2D eigenvalue weighted by Crippen LogP contribution is 2.45. The van der Waals surface area contributed by atoms with Crippen molar-refractivity contribution in [1.29, 1.82) is 0 Å². The molecule has 0 N–H and O–H groups in total. The van der Waals surface area contributed by atoms with E-state index in [9.17, 15) is 9.59 Å². The molecule has 2 heterocycles. The summed E-state index contributed by atoms with van der Waals surface area (Å²) in [5, 5.41) is 0.751. The summed E-state index contributed by atoms with van der Waals surface area (Å²) < 4.78 is 4.11. The lowest BCUT2D eigenvalue weighted by molar-refractivity contribution is -0.153. The summed E-state index contributed by atoms with van der Waals surface area (Å²) >= 11 is 1.35. The highest BCUT2D eigenvalue weighted by molar-refractivity contribution is 8.01. The molecule has 156 valence electrons. The molecule has 1 fully saturated rings. The number of carbonyl (C=O) groups is 2. The molecule has 1 aliphatic heterocycles. The van der Waals surface area contributed by atoms with Crippen LogP contribution in [0.4, 0.5) is 0 Å². The van der Waals surface area contributed by atoms with Crippen LogP contribution in [0.1, 0.15) is 90.9 Å². The lowest BCUT2D eigenvalue weighted by Crippen LogP contribution is -2.34. The third-order valence-electron chi connectivity index (χ3n) is 5.60. The molecule has 1 aromatic heterocycles. The van der Waals surface area contributed by atoms with Crippen LogP contribution in [0.3, 0.4) is 0 Å². The fourth-order valence-electron chi connectivity index (χ4n) is 3.77. The van der Waals surface area contributed by atoms with Crippen LogP contribution in [0.2, 0.25) is 0 Å². The van der Waals surface area contributed by atoms with Gasteiger partial charge in [0.1, 0.15) is 4.75 Å². The van der Waals surface area contributed by atoms with Crippen molar-refractivity contribution in [3.63, 3.8) is 0 Å². The molecule has 0 amide bonds. The summed E-state index contributed by atoms with van der Waals surface area (Å²) in [5.41, 5.74) is 0. The van der Waals surface area contributed by atoms with Gasteiger partial charge >= 0.3 is 11.9 Å². The highest BCUT2D eigenvalue weighted by Gasteiger charge is 2.55. The van der Waals surface area contributed by atoms with Gasteiger partial charge in [-0.15, -0.1) is 0 Å². The van der Waals surface area contributed by atoms with Crippen LogP contribution in [-0.2, 0) is 14.3 Å². The molecule has 5 heteroatoms. The Balaban J connectivity index is 1.67.